The van der Waals surface area contributed by atoms with Crippen LogP contribution in [0.5, 0.6) is 11.5 Å². The van der Waals surface area contributed by atoms with E-state index in [0.717, 1.165) is 11.5 Å². The van der Waals surface area contributed by atoms with Crippen LogP contribution in [0.15, 0.2) is 24.3 Å². The fraction of sp³-hybridized carbons (Fsp3) is 0.538. The molecule has 3 N–H and O–H groups in total. The molecule has 1 atom stereocenters. The van der Waals surface area contributed by atoms with E-state index in [1.807, 2.05) is 24.3 Å². The molecule has 0 spiro atoms. The topological polar surface area (TPSA) is 55.3 Å². The summed E-state index contributed by atoms with van der Waals surface area (Å²) in [5.74, 6) is 1.54. The maximum absolute atomic E-state index is 9.68. The Balaban J connectivity index is 2.29. The van der Waals surface area contributed by atoms with Crippen LogP contribution in [-0.2, 0) is 0 Å². The molecule has 0 fully saturated rings. The summed E-state index contributed by atoms with van der Waals surface area (Å²) >= 11 is 0. The van der Waals surface area contributed by atoms with Crippen molar-refractivity contribution in [1.82, 2.24) is 0 Å². The van der Waals surface area contributed by atoms with E-state index < -0.39 is 6.10 Å². The van der Waals surface area contributed by atoms with Gasteiger partial charge in [0, 0.05) is 0 Å². The maximum Gasteiger partial charge on any atom is 0.137 e. The number of benzene rings is 1. The van der Waals surface area contributed by atoms with Crippen LogP contribution in [0.25, 0.3) is 0 Å². The van der Waals surface area contributed by atoms with E-state index in [1.165, 1.54) is 0 Å². The molecule has 1 aromatic carbocycles. The van der Waals surface area contributed by atoms with Crippen LogP contribution in [0.2, 0.25) is 0 Å². The van der Waals surface area contributed by atoms with E-state index in [4.69, 9.17) is 9.47 Å². The third-order valence-corrected chi connectivity index (χ3v) is 2.38. The summed E-state index contributed by atoms with van der Waals surface area (Å²) in [7, 11) is 1.63. The Kier molecular flexibility index (Phi) is 5.80. The first kappa shape index (κ1) is 13.8. The first-order valence-electron chi connectivity index (χ1n) is 5.90. The molecule has 0 bridgehead atoms. The van der Waals surface area contributed by atoms with E-state index in [9.17, 15) is 5.11 Å². The molecule has 0 saturated heterocycles. The van der Waals surface area contributed by atoms with E-state index in [0.29, 0.717) is 19.2 Å². The largest absolute Gasteiger partial charge is 0.497 e. The molecule has 1 aromatic rings. The Morgan fingerprint density at radius 2 is 1.76 bits per heavy atom. The van der Waals surface area contributed by atoms with Gasteiger partial charge in [0.2, 0.25) is 0 Å². The minimum Gasteiger partial charge on any atom is -0.497 e. The van der Waals surface area contributed by atoms with Gasteiger partial charge in [-0.1, -0.05) is 0 Å². The average molecular weight is 240 g/mol. The Bertz CT molecular complexity index is 311. The number of hydrogen-bond acceptors (Lipinski definition) is 3. The second-order valence-electron chi connectivity index (χ2n) is 4.36. The number of quaternary nitrogens is 1. The van der Waals surface area contributed by atoms with Crippen molar-refractivity contribution in [3.63, 3.8) is 0 Å². The minimum absolute atomic E-state index is 0.315. The highest BCUT2D eigenvalue weighted by Crippen LogP contribution is 2.16. The van der Waals surface area contributed by atoms with Crippen molar-refractivity contribution in [2.45, 2.75) is 26.0 Å². The van der Waals surface area contributed by atoms with Crippen molar-refractivity contribution in [2.75, 3.05) is 20.3 Å². The lowest BCUT2D eigenvalue weighted by atomic mass is 10.3. The SMILES string of the molecule is COc1ccc(OC[C@@H](O)C[NH2+]C(C)C)cc1. The zero-order valence-corrected chi connectivity index (χ0v) is 10.7. The molecule has 0 unspecified atom stereocenters. The van der Waals surface area contributed by atoms with Crippen LogP contribution in [0.4, 0.5) is 0 Å². The first-order valence-corrected chi connectivity index (χ1v) is 5.90. The second-order valence-corrected chi connectivity index (χ2v) is 4.36. The number of ether oxygens (including phenoxy) is 2. The van der Waals surface area contributed by atoms with E-state index in [-0.39, 0.29) is 0 Å². The summed E-state index contributed by atoms with van der Waals surface area (Å²) in [6.07, 6.45) is -0.445. The van der Waals surface area contributed by atoms with Gasteiger partial charge in [-0.05, 0) is 38.1 Å². The number of aliphatic hydroxyl groups excluding tert-OH is 1. The number of hydrogen-bond donors (Lipinski definition) is 2. The van der Waals surface area contributed by atoms with Crippen molar-refractivity contribution in [3.05, 3.63) is 24.3 Å². The molecule has 0 aromatic heterocycles. The molecule has 0 aliphatic carbocycles. The summed E-state index contributed by atoms with van der Waals surface area (Å²) < 4.78 is 10.5. The predicted octanol–water partition coefficient (Wildman–Crippen LogP) is 0.407. The average Bonchev–Trinajstić information content (AvgIpc) is 2.34. The summed E-state index contributed by atoms with van der Waals surface area (Å²) in [6, 6.07) is 7.82. The molecular weight excluding hydrogens is 218 g/mol. The van der Waals surface area contributed by atoms with Crippen LogP contribution >= 0.6 is 0 Å². The van der Waals surface area contributed by atoms with Gasteiger partial charge in [0.15, 0.2) is 0 Å². The van der Waals surface area contributed by atoms with E-state index >= 15 is 0 Å². The molecule has 4 heteroatoms. The van der Waals surface area contributed by atoms with E-state index in [1.54, 1.807) is 7.11 Å². The van der Waals surface area contributed by atoms with Crippen molar-refractivity contribution in [3.8, 4) is 11.5 Å². The van der Waals surface area contributed by atoms with Gasteiger partial charge < -0.3 is 19.9 Å². The quantitative estimate of drug-likeness (QED) is 0.725. The third kappa shape index (κ3) is 5.56. The van der Waals surface area contributed by atoms with Crippen molar-refractivity contribution < 1.29 is 19.9 Å². The van der Waals surface area contributed by atoms with Crippen LogP contribution < -0.4 is 14.8 Å². The second kappa shape index (κ2) is 7.14. The van der Waals surface area contributed by atoms with Gasteiger partial charge in [-0.3, -0.25) is 0 Å². The van der Waals surface area contributed by atoms with Gasteiger partial charge >= 0.3 is 0 Å². The van der Waals surface area contributed by atoms with Gasteiger partial charge in [0.1, 0.15) is 30.8 Å². The van der Waals surface area contributed by atoms with Gasteiger partial charge in [-0.15, -0.1) is 0 Å². The lowest BCUT2D eigenvalue weighted by molar-refractivity contribution is -0.688. The van der Waals surface area contributed by atoms with Crippen LogP contribution in [0.3, 0.4) is 0 Å². The van der Waals surface area contributed by atoms with Crippen LogP contribution in [0.1, 0.15) is 13.8 Å². The number of rotatable bonds is 7. The predicted molar refractivity (Wildman–Crippen MR) is 66.4 cm³/mol. The lowest BCUT2D eigenvalue weighted by Crippen LogP contribution is -2.90. The molecule has 0 saturated carbocycles. The summed E-state index contributed by atoms with van der Waals surface area (Å²) in [5.41, 5.74) is 0. The highest BCUT2D eigenvalue weighted by atomic mass is 16.5. The van der Waals surface area contributed by atoms with Crippen molar-refractivity contribution >= 4 is 0 Å². The zero-order chi connectivity index (χ0) is 12.7. The number of aliphatic hydroxyl groups is 1. The molecule has 96 valence electrons. The Morgan fingerprint density at radius 1 is 1.18 bits per heavy atom. The van der Waals surface area contributed by atoms with Gasteiger partial charge in [-0.2, -0.15) is 0 Å². The summed E-state index contributed by atoms with van der Waals surface area (Å²) in [6.45, 7) is 5.16. The Morgan fingerprint density at radius 3 is 2.29 bits per heavy atom. The highest BCUT2D eigenvalue weighted by Gasteiger charge is 2.08. The molecule has 1 rings (SSSR count). The first-order chi connectivity index (χ1) is 8.11. The smallest absolute Gasteiger partial charge is 0.137 e. The third-order valence-electron chi connectivity index (χ3n) is 2.38. The maximum atomic E-state index is 9.68. The molecule has 0 amide bonds. The standard InChI is InChI=1S/C13H21NO3/c1-10(2)14-8-11(15)9-17-13-6-4-12(16-3)5-7-13/h4-7,10-11,14-15H,8-9H2,1-3H3/p+1/t11-/m0/s1. The summed E-state index contributed by atoms with van der Waals surface area (Å²) in [4.78, 5) is 0. The molecule has 0 aliphatic rings. The highest BCUT2D eigenvalue weighted by molar-refractivity contribution is 5.31. The summed E-state index contributed by atoms with van der Waals surface area (Å²) in [5, 5.41) is 11.8. The zero-order valence-electron chi connectivity index (χ0n) is 10.7. The van der Waals surface area contributed by atoms with Gasteiger partial charge in [0.05, 0.1) is 13.2 Å². The molecule has 0 heterocycles. The monoisotopic (exact) mass is 240 g/mol. The number of methoxy groups -OCH3 is 1. The van der Waals surface area contributed by atoms with Gasteiger partial charge in [0.25, 0.3) is 0 Å². The van der Waals surface area contributed by atoms with Crippen LogP contribution in [0, 0.1) is 0 Å². The molecule has 0 radical (unpaired) electrons. The Labute approximate surface area is 103 Å². The van der Waals surface area contributed by atoms with E-state index in [2.05, 4.69) is 19.2 Å². The van der Waals surface area contributed by atoms with Crippen molar-refractivity contribution in [2.24, 2.45) is 0 Å². The molecule has 17 heavy (non-hydrogen) atoms. The Hall–Kier alpha value is -1.26. The molecule has 4 nitrogen and oxygen atoms in total. The van der Waals surface area contributed by atoms with Crippen LogP contribution in [-0.4, -0.2) is 37.5 Å². The lowest BCUT2D eigenvalue weighted by Gasteiger charge is -2.13. The fourth-order valence-corrected chi connectivity index (χ4v) is 1.36. The van der Waals surface area contributed by atoms with Gasteiger partial charge in [-0.25, -0.2) is 0 Å². The van der Waals surface area contributed by atoms with Crippen molar-refractivity contribution in [1.29, 1.82) is 0 Å². The fourth-order valence-electron chi connectivity index (χ4n) is 1.36. The normalized spacial score (nSPS) is 12.5. The number of nitrogens with two attached hydrogens (primary N) is 1. The molecular formula is C13H22NO3+. The minimum atomic E-state index is -0.445. The molecule has 0 aliphatic heterocycles.